The number of pyridine rings is 1. The fraction of sp³-hybridized carbons (Fsp3) is 0.100. The standard InChI is InChI=1S/C20H11F3N4/c21-20(22,23)14-4-2-1-3-13(14)15-8-7-11-5-6-12-9-16-19(25-10-24-16)27-18(12)17(11)26-15/h1-8,10H,9H2. The third kappa shape index (κ3) is 2.54. The number of benzene rings is 2. The minimum absolute atomic E-state index is 0.0501. The first-order valence-corrected chi connectivity index (χ1v) is 8.28. The third-order valence-corrected chi connectivity index (χ3v) is 4.65. The zero-order valence-corrected chi connectivity index (χ0v) is 13.8. The van der Waals surface area contributed by atoms with E-state index in [4.69, 9.17) is 0 Å². The van der Waals surface area contributed by atoms with Gasteiger partial charge in [-0.2, -0.15) is 13.2 Å². The van der Waals surface area contributed by atoms with Gasteiger partial charge < -0.3 is 0 Å². The van der Waals surface area contributed by atoms with Crippen LogP contribution in [0.2, 0.25) is 0 Å². The van der Waals surface area contributed by atoms with E-state index in [9.17, 15) is 13.2 Å². The number of aromatic nitrogens is 1. The molecule has 0 spiro atoms. The minimum atomic E-state index is -4.45. The molecule has 3 heterocycles. The average Bonchev–Trinajstić information content (AvgIpc) is 3.12. The fourth-order valence-corrected chi connectivity index (χ4v) is 3.38. The second-order valence-electron chi connectivity index (χ2n) is 6.32. The summed E-state index contributed by atoms with van der Waals surface area (Å²) in [5, 5.41) is 0.814. The highest BCUT2D eigenvalue weighted by molar-refractivity contribution is 6.48. The molecule has 5 rings (SSSR count). The van der Waals surface area contributed by atoms with Crippen LogP contribution in [0.1, 0.15) is 11.1 Å². The van der Waals surface area contributed by atoms with Gasteiger partial charge in [-0.3, -0.25) is 0 Å². The van der Waals surface area contributed by atoms with Crippen molar-refractivity contribution in [2.45, 2.75) is 12.6 Å². The van der Waals surface area contributed by atoms with Gasteiger partial charge in [-0.25, -0.2) is 20.0 Å². The second kappa shape index (κ2) is 5.57. The maximum Gasteiger partial charge on any atom is 0.417 e. The van der Waals surface area contributed by atoms with E-state index in [1.165, 1.54) is 18.5 Å². The number of rotatable bonds is 1. The first kappa shape index (κ1) is 15.9. The van der Waals surface area contributed by atoms with Crippen molar-refractivity contribution in [2.24, 2.45) is 15.0 Å². The van der Waals surface area contributed by atoms with Crippen LogP contribution in [0.5, 0.6) is 0 Å². The van der Waals surface area contributed by atoms with Crippen LogP contribution in [0.3, 0.4) is 0 Å². The van der Waals surface area contributed by atoms with Gasteiger partial charge in [0.25, 0.3) is 0 Å². The van der Waals surface area contributed by atoms with Gasteiger partial charge >= 0.3 is 6.18 Å². The van der Waals surface area contributed by atoms with E-state index in [1.807, 2.05) is 12.1 Å². The zero-order chi connectivity index (χ0) is 18.6. The number of hydrogen-bond donors (Lipinski definition) is 0. The molecule has 0 fully saturated rings. The lowest BCUT2D eigenvalue weighted by atomic mass is 9.98. The third-order valence-electron chi connectivity index (χ3n) is 4.65. The van der Waals surface area contributed by atoms with E-state index in [-0.39, 0.29) is 11.3 Å². The topological polar surface area (TPSA) is 50.0 Å². The summed E-state index contributed by atoms with van der Waals surface area (Å²) in [6, 6.07) is 12.7. The van der Waals surface area contributed by atoms with Gasteiger partial charge in [-0.1, -0.05) is 36.4 Å². The number of aliphatic imine (C=N–C) groups is 3. The van der Waals surface area contributed by atoms with Gasteiger partial charge in [0.1, 0.15) is 6.34 Å². The molecule has 0 saturated heterocycles. The first-order chi connectivity index (χ1) is 13.0. The molecule has 0 radical (unpaired) electrons. The van der Waals surface area contributed by atoms with Crippen LogP contribution >= 0.6 is 0 Å². The lowest BCUT2D eigenvalue weighted by Gasteiger charge is -2.16. The molecule has 0 unspecified atom stereocenters. The number of amidine groups is 1. The normalized spacial score (nSPS) is 15.4. The molecule has 2 aromatic carbocycles. The highest BCUT2D eigenvalue weighted by Gasteiger charge is 2.33. The highest BCUT2D eigenvalue weighted by atomic mass is 19.4. The van der Waals surface area contributed by atoms with E-state index >= 15 is 0 Å². The summed E-state index contributed by atoms with van der Waals surface area (Å²) in [6.07, 6.45) is -2.41. The smallest absolute Gasteiger partial charge is 0.245 e. The maximum absolute atomic E-state index is 13.4. The Morgan fingerprint density at radius 2 is 1.74 bits per heavy atom. The molecule has 1 aromatic heterocycles. The van der Waals surface area contributed by atoms with E-state index in [2.05, 4.69) is 20.0 Å². The first-order valence-electron chi connectivity index (χ1n) is 8.28. The van der Waals surface area contributed by atoms with Crippen molar-refractivity contribution in [3.05, 3.63) is 59.7 Å². The van der Waals surface area contributed by atoms with Crippen LogP contribution in [-0.4, -0.2) is 22.9 Å². The minimum Gasteiger partial charge on any atom is -0.245 e. The van der Waals surface area contributed by atoms with Gasteiger partial charge in [0.2, 0.25) is 0 Å². The second-order valence-corrected chi connectivity index (χ2v) is 6.32. The number of hydrogen-bond acceptors (Lipinski definition) is 4. The van der Waals surface area contributed by atoms with E-state index in [0.717, 1.165) is 22.7 Å². The van der Waals surface area contributed by atoms with Gasteiger partial charge in [0.15, 0.2) is 5.84 Å². The number of fused-ring (bicyclic) bond motifs is 4. The molecule has 0 N–H and O–H groups in total. The van der Waals surface area contributed by atoms with Crippen molar-refractivity contribution in [2.75, 3.05) is 0 Å². The SMILES string of the molecule is FC(F)(F)c1ccccc1-c1ccc2ccc3c(c2n1)N=C1N=CN=C1C3. The summed E-state index contributed by atoms with van der Waals surface area (Å²) < 4.78 is 40.2. The summed E-state index contributed by atoms with van der Waals surface area (Å²) in [5.41, 5.74) is 2.54. The molecule has 0 atom stereocenters. The Morgan fingerprint density at radius 1 is 0.926 bits per heavy atom. The van der Waals surface area contributed by atoms with Gasteiger partial charge in [-0.05, 0) is 17.7 Å². The lowest BCUT2D eigenvalue weighted by molar-refractivity contribution is -0.137. The van der Waals surface area contributed by atoms with E-state index in [1.54, 1.807) is 18.2 Å². The number of halogens is 3. The molecular formula is C20H11F3N4. The molecule has 2 aliphatic heterocycles. The molecular weight excluding hydrogens is 353 g/mol. The van der Waals surface area contributed by atoms with Gasteiger partial charge in [0, 0.05) is 17.4 Å². The van der Waals surface area contributed by atoms with Crippen LogP contribution < -0.4 is 0 Å². The Morgan fingerprint density at radius 3 is 2.59 bits per heavy atom. The average molecular weight is 364 g/mol. The fourth-order valence-electron chi connectivity index (χ4n) is 3.38. The van der Waals surface area contributed by atoms with Crippen molar-refractivity contribution in [1.29, 1.82) is 0 Å². The largest absolute Gasteiger partial charge is 0.417 e. The van der Waals surface area contributed by atoms with Crippen LogP contribution in [0, 0.1) is 0 Å². The summed E-state index contributed by atoms with van der Waals surface area (Å²) in [7, 11) is 0. The monoisotopic (exact) mass is 364 g/mol. The molecule has 7 heteroatoms. The molecule has 27 heavy (non-hydrogen) atoms. The Bertz CT molecular complexity index is 1190. The molecule has 0 saturated carbocycles. The lowest BCUT2D eigenvalue weighted by Crippen LogP contribution is -2.15. The van der Waals surface area contributed by atoms with Crippen LogP contribution in [0.4, 0.5) is 18.9 Å². The number of nitrogens with zero attached hydrogens (tertiary/aromatic N) is 4. The van der Waals surface area contributed by atoms with E-state index in [0.29, 0.717) is 23.5 Å². The van der Waals surface area contributed by atoms with Crippen molar-refractivity contribution in [3.63, 3.8) is 0 Å². The van der Waals surface area contributed by atoms with Crippen LogP contribution in [0.25, 0.3) is 22.2 Å². The summed E-state index contributed by atoms with van der Waals surface area (Å²) in [6.45, 7) is 0. The molecule has 4 nitrogen and oxygen atoms in total. The van der Waals surface area contributed by atoms with Crippen molar-refractivity contribution >= 4 is 34.5 Å². The highest BCUT2D eigenvalue weighted by Crippen LogP contribution is 2.38. The Labute approximate surface area is 151 Å². The van der Waals surface area contributed by atoms with E-state index < -0.39 is 11.7 Å². The summed E-state index contributed by atoms with van der Waals surface area (Å²) in [5.74, 6) is 0.540. The van der Waals surface area contributed by atoms with Crippen molar-refractivity contribution in [3.8, 4) is 11.3 Å². The Kier molecular flexibility index (Phi) is 3.28. The predicted octanol–water partition coefficient (Wildman–Crippen LogP) is 4.99. The Balaban J connectivity index is 1.74. The molecule has 2 aliphatic rings. The van der Waals surface area contributed by atoms with Crippen molar-refractivity contribution in [1.82, 2.24) is 4.98 Å². The summed E-state index contributed by atoms with van der Waals surface area (Å²) >= 11 is 0. The quantitative estimate of drug-likeness (QED) is 0.600. The van der Waals surface area contributed by atoms with Crippen molar-refractivity contribution < 1.29 is 13.2 Å². The van der Waals surface area contributed by atoms with Crippen LogP contribution in [-0.2, 0) is 12.6 Å². The zero-order valence-electron chi connectivity index (χ0n) is 13.8. The van der Waals surface area contributed by atoms with Crippen LogP contribution in [0.15, 0.2) is 63.5 Å². The molecule has 3 aromatic rings. The molecule has 0 aliphatic carbocycles. The summed E-state index contributed by atoms with van der Waals surface area (Å²) in [4.78, 5) is 17.4. The van der Waals surface area contributed by atoms with Gasteiger partial charge in [0.05, 0.1) is 28.2 Å². The Hall–Kier alpha value is -3.35. The molecule has 132 valence electrons. The molecule has 0 amide bonds. The predicted molar refractivity (Wildman–Crippen MR) is 98.9 cm³/mol. The van der Waals surface area contributed by atoms with Gasteiger partial charge in [-0.15, -0.1) is 0 Å². The molecule has 0 bridgehead atoms. The maximum atomic E-state index is 13.4. The number of alkyl halides is 3.